The minimum Gasteiger partial charge on any atom is -0.213 e. The lowest BCUT2D eigenvalue weighted by Crippen LogP contribution is -2.46. The number of aryl methyl sites for hydroxylation is 1. The third-order valence-corrected chi connectivity index (χ3v) is 7.24. The average molecular weight is 373 g/mol. The summed E-state index contributed by atoms with van der Waals surface area (Å²) < 4.78 is 50.7. The highest BCUT2D eigenvalue weighted by Gasteiger charge is 2.31. The monoisotopic (exact) mass is 372 g/mol. The van der Waals surface area contributed by atoms with Crippen molar-refractivity contribution in [2.75, 3.05) is 26.4 Å². The van der Waals surface area contributed by atoms with E-state index in [1.807, 2.05) is 31.2 Å². The van der Waals surface area contributed by atoms with Crippen LogP contribution in [0.3, 0.4) is 0 Å². The molecule has 1 heterocycles. The van der Waals surface area contributed by atoms with E-state index in [-0.39, 0.29) is 6.04 Å². The van der Waals surface area contributed by atoms with Gasteiger partial charge >= 0.3 is 0 Å². The van der Waals surface area contributed by atoms with Crippen LogP contribution in [0.2, 0.25) is 0 Å². The Hall–Kier alpha value is -1.22. The summed E-state index contributed by atoms with van der Waals surface area (Å²) in [6, 6.07) is 7.45. The number of nitrogens with zero attached hydrogens (tertiary/aromatic N) is 2. The van der Waals surface area contributed by atoms with Gasteiger partial charge in [0.05, 0.1) is 6.26 Å². The molecule has 0 unspecified atom stereocenters. The van der Waals surface area contributed by atoms with Crippen molar-refractivity contribution in [3.8, 4) is 0 Å². The quantitative estimate of drug-likeness (QED) is 0.788. The second-order valence-corrected chi connectivity index (χ2v) is 10.0. The van der Waals surface area contributed by atoms with Gasteiger partial charge in [-0.25, -0.2) is 21.1 Å². The van der Waals surface area contributed by atoms with Gasteiger partial charge in [-0.15, -0.1) is 0 Å². The van der Waals surface area contributed by atoms with E-state index in [1.165, 1.54) is 20.3 Å². The molecular weight excluding hydrogens is 348 g/mol. The zero-order valence-corrected chi connectivity index (χ0v) is 15.8. The predicted molar refractivity (Wildman–Crippen MR) is 96.3 cm³/mol. The van der Waals surface area contributed by atoms with Gasteiger partial charge in [-0.2, -0.15) is 4.31 Å². The van der Waals surface area contributed by atoms with Crippen molar-refractivity contribution in [3.63, 3.8) is 0 Å². The van der Waals surface area contributed by atoms with Gasteiger partial charge in [0, 0.05) is 31.6 Å². The fourth-order valence-electron chi connectivity index (χ4n) is 2.66. The molecule has 0 N–H and O–H groups in total. The highest BCUT2D eigenvalue weighted by Crippen LogP contribution is 2.20. The van der Waals surface area contributed by atoms with Crippen LogP contribution in [0.5, 0.6) is 0 Å². The highest BCUT2D eigenvalue weighted by atomic mass is 32.2. The highest BCUT2D eigenvalue weighted by molar-refractivity contribution is 7.92. The molecular formula is C16H24N2O4S2. The van der Waals surface area contributed by atoms with E-state index in [1.54, 1.807) is 13.1 Å². The summed E-state index contributed by atoms with van der Waals surface area (Å²) in [5.41, 5.74) is 1.95. The number of rotatable bonds is 5. The lowest BCUT2D eigenvalue weighted by Gasteiger charge is -2.34. The van der Waals surface area contributed by atoms with Crippen molar-refractivity contribution < 1.29 is 16.8 Å². The van der Waals surface area contributed by atoms with E-state index in [0.717, 1.165) is 11.1 Å². The normalized spacial score (nSPS) is 18.5. The summed E-state index contributed by atoms with van der Waals surface area (Å²) in [6.07, 6.45) is 3.76. The molecule has 2 rings (SSSR count). The Labute approximate surface area is 144 Å². The first kappa shape index (κ1) is 19.1. The van der Waals surface area contributed by atoms with E-state index in [4.69, 9.17) is 0 Å². The van der Waals surface area contributed by atoms with Crippen molar-refractivity contribution in [2.24, 2.45) is 0 Å². The largest absolute Gasteiger partial charge is 0.236 e. The van der Waals surface area contributed by atoms with E-state index >= 15 is 0 Å². The first-order valence-corrected chi connectivity index (χ1v) is 11.1. The Kier molecular flexibility index (Phi) is 5.85. The van der Waals surface area contributed by atoms with Gasteiger partial charge in [0.1, 0.15) is 0 Å². The Morgan fingerprint density at radius 1 is 1.08 bits per heavy atom. The van der Waals surface area contributed by atoms with Crippen LogP contribution < -0.4 is 0 Å². The molecule has 0 spiro atoms. The van der Waals surface area contributed by atoms with Gasteiger partial charge in [0.2, 0.25) is 20.0 Å². The van der Waals surface area contributed by atoms with Crippen molar-refractivity contribution in [1.29, 1.82) is 0 Å². The average Bonchev–Trinajstić information content (AvgIpc) is 2.53. The number of benzene rings is 1. The lowest BCUT2D eigenvalue weighted by molar-refractivity contribution is 0.240. The van der Waals surface area contributed by atoms with Crippen LogP contribution in [-0.2, 0) is 20.0 Å². The molecule has 1 fully saturated rings. The van der Waals surface area contributed by atoms with Crippen LogP contribution >= 0.6 is 0 Å². The molecule has 1 aliphatic rings. The van der Waals surface area contributed by atoms with Crippen LogP contribution in [0.4, 0.5) is 0 Å². The number of sulfonamides is 2. The molecule has 24 heavy (non-hydrogen) atoms. The van der Waals surface area contributed by atoms with Gasteiger partial charge in [-0.3, -0.25) is 0 Å². The summed E-state index contributed by atoms with van der Waals surface area (Å²) in [4.78, 5) is 0. The fourth-order valence-corrected chi connectivity index (χ4v) is 4.63. The van der Waals surface area contributed by atoms with Gasteiger partial charge in [-0.05, 0) is 31.4 Å². The molecule has 0 atom stereocenters. The molecule has 6 nitrogen and oxygen atoms in total. The summed E-state index contributed by atoms with van der Waals surface area (Å²) in [5, 5.41) is 1.22. The molecule has 0 aliphatic carbocycles. The first-order chi connectivity index (χ1) is 11.1. The maximum atomic E-state index is 12.4. The SMILES string of the molecule is Cc1ccc(/C=C/S(=O)(=O)N2CCC(N(C)S(C)(=O)=O)CC2)cc1. The standard InChI is InChI=1S/C16H24N2O4S2/c1-14-4-6-15(7-5-14)10-13-24(21,22)18-11-8-16(9-12-18)17(2)23(3,19)20/h4-7,10,13,16H,8-9,11-12H2,1-3H3/b13-10+. The van der Waals surface area contributed by atoms with Crippen molar-refractivity contribution in [1.82, 2.24) is 8.61 Å². The molecule has 0 bridgehead atoms. The third kappa shape index (κ3) is 4.89. The molecule has 134 valence electrons. The number of piperidine rings is 1. The minimum absolute atomic E-state index is 0.146. The lowest BCUT2D eigenvalue weighted by atomic mass is 10.1. The smallest absolute Gasteiger partial charge is 0.213 e. The van der Waals surface area contributed by atoms with Crippen LogP contribution in [0.15, 0.2) is 29.7 Å². The number of hydrogen-bond acceptors (Lipinski definition) is 4. The molecule has 0 radical (unpaired) electrons. The van der Waals surface area contributed by atoms with Crippen LogP contribution in [0.25, 0.3) is 6.08 Å². The molecule has 0 saturated carbocycles. The van der Waals surface area contributed by atoms with E-state index in [0.29, 0.717) is 25.9 Å². The van der Waals surface area contributed by atoms with Gasteiger partial charge < -0.3 is 0 Å². The predicted octanol–water partition coefficient (Wildman–Crippen LogP) is 1.65. The van der Waals surface area contributed by atoms with Crippen molar-refractivity contribution in [2.45, 2.75) is 25.8 Å². The zero-order chi connectivity index (χ0) is 18.0. The second-order valence-electron chi connectivity index (χ2n) is 6.17. The maximum absolute atomic E-state index is 12.4. The maximum Gasteiger partial charge on any atom is 0.236 e. The van der Waals surface area contributed by atoms with Crippen molar-refractivity contribution >= 4 is 26.1 Å². The molecule has 1 saturated heterocycles. The van der Waals surface area contributed by atoms with E-state index in [2.05, 4.69) is 0 Å². The third-order valence-electron chi connectivity index (χ3n) is 4.33. The van der Waals surface area contributed by atoms with Crippen molar-refractivity contribution in [3.05, 3.63) is 40.8 Å². The molecule has 1 aromatic rings. The first-order valence-electron chi connectivity index (χ1n) is 7.77. The molecule has 0 amide bonds. The topological polar surface area (TPSA) is 74.8 Å². The Morgan fingerprint density at radius 2 is 1.62 bits per heavy atom. The second kappa shape index (κ2) is 7.35. The van der Waals surface area contributed by atoms with E-state index < -0.39 is 20.0 Å². The van der Waals surface area contributed by atoms with Crippen LogP contribution in [0, 0.1) is 6.92 Å². The minimum atomic E-state index is -3.49. The molecule has 8 heteroatoms. The summed E-state index contributed by atoms with van der Waals surface area (Å²) in [6.45, 7) is 2.62. The van der Waals surface area contributed by atoms with Gasteiger partial charge in [-0.1, -0.05) is 29.8 Å². The molecule has 1 aromatic carbocycles. The van der Waals surface area contributed by atoms with Gasteiger partial charge in [0.15, 0.2) is 0 Å². The van der Waals surface area contributed by atoms with Crippen LogP contribution in [0.1, 0.15) is 24.0 Å². The molecule has 1 aliphatic heterocycles. The molecule has 0 aromatic heterocycles. The summed E-state index contributed by atoms with van der Waals surface area (Å²) >= 11 is 0. The Morgan fingerprint density at radius 3 is 2.12 bits per heavy atom. The van der Waals surface area contributed by atoms with Crippen LogP contribution in [-0.4, -0.2) is 57.9 Å². The Bertz CT molecular complexity index is 791. The van der Waals surface area contributed by atoms with Gasteiger partial charge in [0.25, 0.3) is 0 Å². The zero-order valence-electron chi connectivity index (χ0n) is 14.2. The number of hydrogen-bond donors (Lipinski definition) is 0. The van der Waals surface area contributed by atoms with E-state index in [9.17, 15) is 16.8 Å². The fraction of sp³-hybridized carbons (Fsp3) is 0.500. The summed E-state index contributed by atoms with van der Waals surface area (Å²) in [5.74, 6) is 0. The summed E-state index contributed by atoms with van der Waals surface area (Å²) in [7, 11) is -5.20. The Balaban J connectivity index is 2.01.